The van der Waals surface area contributed by atoms with Gasteiger partial charge in [-0.1, -0.05) is 20.8 Å². The number of carbonyl (C=O) groups excluding carboxylic acids is 2. The van der Waals surface area contributed by atoms with Gasteiger partial charge in [0.05, 0.1) is 40.3 Å². The molecule has 0 unspecified atom stereocenters. The molecule has 2 aliphatic carbocycles. The zero-order valence-electron chi connectivity index (χ0n) is 27.5. The van der Waals surface area contributed by atoms with E-state index >= 15 is 0 Å². The van der Waals surface area contributed by atoms with Crippen LogP contribution in [0.2, 0.25) is 0 Å². The van der Waals surface area contributed by atoms with Crippen LogP contribution in [-0.2, 0) is 19.1 Å². The average Bonchev–Trinajstić information content (AvgIpc) is 3.00. The fourth-order valence-electron chi connectivity index (χ4n) is 5.54. The van der Waals surface area contributed by atoms with E-state index in [1.165, 1.54) is 26.4 Å². The van der Waals surface area contributed by atoms with Crippen molar-refractivity contribution < 1.29 is 93.8 Å². The first-order chi connectivity index (χ1) is 20.3. The molecule has 2 saturated carbocycles. The van der Waals surface area contributed by atoms with Crippen molar-refractivity contribution in [2.45, 2.75) is 89.6 Å². The minimum absolute atomic E-state index is 0. The molecule has 0 heterocycles. The predicted molar refractivity (Wildman–Crippen MR) is 159 cm³/mol. The maximum absolute atomic E-state index is 13.9. The van der Waals surface area contributed by atoms with E-state index in [1.54, 1.807) is 59.3 Å². The zero-order valence-corrected chi connectivity index (χ0v) is 30.7. The molecule has 0 aromatic heterocycles. The van der Waals surface area contributed by atoms with Crippen LogP contribution in [0.4, 0.5) is 8.78 Å². The van der Waals surface area contributed by atoms with Crippen LogP contribution in [0.15, 0.2) is 36.4 Å². The van der Waals surface area contributed by atoms with Crippen LogP contribution in [0, 0.1) is 23.5 Å². The maximum atomic E-state index is 13.9. The second-order valence-electron chi connectivity index (χ2n) is 12.0. The molecule has 2 fully saturated rings. The molecule has 0 amide bonds. The van der Waals surface area contributed by atoms with Gasteiger partial charge in [-0.05, 0) is 111 Å². The summed E-state index contributed by atoms with van der Waals surface area (Å²) < 4.78 is 47.5. The Morgan fingerprint density at radius 1 is 0.659 bits per heavy atom. The third kappa shape index (κ3) is 13.4. The van der Waals surface area contributed by atoms with Gasteiger partial charge in [0.15, 0.2) is 0 Å². The van der Waals surface area contributed by atoms with Crippen LogP contribution in [-0.4, -0.2) is 46.0 Å². The molecule has 7 nitrogen and oxygen atoms in total. The first kappa shape index (κ1) is 40.5. The van der Waals surface area contributed by atoms with Crippen molar-refractivity contribution >= 4 is 11.9 Å². The van der Waals surface area contributed by atoms with Gasteiger partial charge in [0, 0.05) is 0 Å². The fourth-order valence-corrected chi connectivity index (χ4v) is 5.54. The molecule has 0 spiro atoms. The fraction of sp³-hybridized carbons (Fsp3) is 0.588. The summed E-state index contributed by atoms with van der Waals surface area (Å²) in [6.45, 7) is 4.90. The summed E-state index contributed by atoms with van der Waals surface area (Å²) in [5.74, 6) is 0.925. The van der Waals surface area contributed by atoms with Crippen LogP contribution in [0.5, 0.6) is 11.5 Å². The smallest absolute Gasteiger partial charge is 0.850 e. The Morgan fingerprint density at radius 2 is 0.955 bits per heavy atom. The van der Waals surface area contributed by atoms with Crippen LogP contribution in [0.1, 0.15) is 95.1 Å². The van der Waals surface area contributed by atoms with E-state index in [1.807, 2.05) is 0 Å². The Balaban J connectivity index is 0.000000375. The Hall–Kier alpha value is -1.56. The average molecular weight is 645 g/mol. The number of esters is 2. The summed E-state index contributed by atoms with van der Waals surface area (Å²) in [4.78, 5) is 22.9. The summed E-state index contributed by atoms with van der Waals surface area (Å²) in [6, 6.07) is 9.66. The normalized spacial score (nSPS) is 21.1. The molecule has 0 radical (unpaired) electrons. The van der Waals surface area contributed by atoms with E-state index in [0.29, 0.717) is 22.6 Å². The molecule has 4 rings (SSSR count). The third-order valence-corrected chi connectivity index (χ3v) is 7.81. The van der Waals surface area contributed by atoms with Crippen molar-refractivity contribution in [2.24, 2.45) is 11.8 Å². The van der Waals surface area contributed by atoms with Crippen molar-refractivity contribution in [1.82, 2.24) is 0 Å². The number of benzene rings is 2. The second-order valence-corrected chi connectivity index (χ2v) is 12.0. The standard InChI is InChI=1S/2C15H19FO3.C4H9O.K/c2*1-18-12-7-8-14(16)13(9-12)10-3-5-11(6-4-10)15(17)19-2;1-4(2,3)5;/h2*7-11H,3-6H2,1-2H3;1-3H3;/q;;-1;+1. The maximum Gasteiger partial charge on any atom is 1.00 e. The number of hydrogen-bond acceptors (Lipinski definition) is 7. The summed E-state index contributed by atoms with van der Waals surface area (Å²) in [6.07, 6.45) is 6.27. The summed E-state index contributed by atoms with van der Waals surface area (Å²) in [5, 5.41) is 10.1. The van der Waals surface area contributed by atoms with E-state index < -0.39 is 5.60 Å². The monoisotopic (exact) mass is 644 g/mol. The molecule has 0 N–H and O–H groups in total. The van der Waals surface area contributed by atoms with Gasteiger partial charge in [-0.2, -0.15) is 0 Å². The molecule has 2 aromatic carbocycles. The molecular weight excluding hydrogens is 597 g/mol. The molecular formula is C34H47F2KO7. The third-order valence-electron chi connectivity index (χ3n) is 7.81. The number of rotatable bonds is 6. The molecule has 0 atom stereocenters. The largest absolute Gasteiger partial charge is 1.00 e. The summed E-state index contributed by atoms with van der Waals surface area (Å²) in [7, 11) is 5.97. The molecule has 44 heavy (non-hydrogen) atoms. The molecule has 0 bridgehead atoms. The number of halogens is 2. The molecule has 2 aliphatic rings. The van der Waals surface area contributed by atoms with Crippen molar-refractivity contribution in [3.63, 3.8) is 0 Å². The van der Waals surface area contributed by atoms with Crippen molar-refractivity contribution in [2.75, 3.05) is 28.4 Å². The van der Waals surface area contributed by atoms with Gasteiger partial charge in [-0.25, -0.2) is 8.78 Å². The van der Waals surface area contributed by atoms with Crippen molar-refractivity contribution in [1.29, 1.82) is 0 Å². The summed E-state index contributed by atoms with van der Waals surface area (Å²) >= 11 is 0. The SMILES string of the molecule is CC(C)(C)[O-].COC(=O)C1CCC(c2cc(OC)ccc2F)CC1.COC(=O)C1CCC(c2cc(OC)ccc2F)CC1.[K+]. The Morgan fingerprint density at radius 3 is 1.20 bits per heavy atom. The van der Waals surface area contributed by atoms with Gasteiger partial charge >= 0.3 is 63.3 Å². The number of methoxy groups -OCH3 is 4. The van der Waals surface area contributed by atoms with Crippen LogP contribution < -0.4 is 66.0 Å². The van der Waals surface area contributed by atoms with Crippen molar-refractivity contribution in [3.05, 3.63) is 59.2 Å². The molecule has 2 aromatic rings. The van der Waals surface area contributed by atoms with Crippen LogP contribution >= 0.6 is 0 Å². The number of carbonyl (C=O) groups is 2. The van der Waals surface area contributed by atoms with E-state index in [0.717, 1.165) is 51.4 Å². The van der Waals surface area contributed by atoms with E-state index in [9.17, 15) is 23.5 Å². The van der Waals surface area contributed by atoms with Gasteiger partial charge in [0.2, 0.25) is 0 Å². The second kappa shape index (κ2) is 19.8. The van der Waals surface area contributed by atoms with Gasteiger partial charge < -0.3 is 24.1 Å². The van der Waals surface area contributed by atoms with E-state index in [2.05, 4.69) is 0 Å². The molecule has 0 saturated heterocycles. The first-order valence-corrected chi connectivity index (χ1v) is 14.8. The van der Waals surface area contributed by atoms with Gasteiger partial charge in [-0.3, -0.25) is 9.59 Å². The zero-order chi connectivity index (χ0) is 32.2. The molecule has 10 heteroatoms. The van der Waals surface area contributed by atoms with Crippen LogP contribution in [0.25, 0.3) is 0 Å². The van der Waals surface area contributed by atoms with Crippen LogP contribution in [0.3, 0.4) is 0 Å². The Labute approximate surface area is 303 Å². The minimum atomic E-state index is -0.750. The predicted octanol–water partition coefficient (Wildman–Crippen LogP) is 3.71. The Bertz CT molecular complexity index is 1080. The van der Waals surface area contributed by atoms with Gasteiger partial charge in [-0.15, -0.1) is 5.60 Å². The minimum Gasteiger partial charge on any atom is -0.850 e. The van der Waals surface area contributed by atoms with E-state index in [-0.39, 0.29) is 98.6 Å². The Kier molecular flexibility index (Phi) is 18.2. The first-order valence-electron chi connectivity index (χ1n) is 14.8. The summed E-state index contributed by atoms with van der Waals surface area (Å²) in [5.41, 5.74) is 0.644. The molecule has 240 valence electrons. The number of ether oxygens (including phenoxy) is 4. The number of hydrogen-bond donors (Lipinski definition) is 0. The van der Waals surface area contributed by atoms with Gasteiger partial charge in [0.25, 0.3) is 0 Å². The quantitative estimate of drug-likeness (QED) is 0.350. The van der Waals surface area contributed by atoms with Gasteiger partial charge in [0.1, 0.15) is 23.1 Å². The van der Waals surface area contributed by atoms with E-state index in [4.69, 9.17) is 18.9 Å². The molecule has 0 aliphatic heterocycles. The topological polar surface area (TPSA) is 94.1 Å². The van der Waals surface area contributed by atoms with Crippen molar-refractivity contribution in [3.8, 4) is 11.5 Å².